The maximum atomic E-state index is 12.7. The molecule has 0 bridgehead atoms. The standard InChI is InChI=1S/C20H27N3O4/c1-25-16-10-9-15(18(26-2)19(16)27-3)20(24)21-17-12-14(22-23-17)11-13-7-5-4-6-8-13/h9-10,12-13H,4-8,11H2,1-3H3,(H2,21,22,23,24). The van der Waals surface area contributed by atoms with Crippen molar-refractivity contribution in [2.24, 2.45) is 5.92 Å². The Balaban J connectivity index is 1.72. The van der Waals surface area contributed by atoms with Gasteiger partial charge in [0.1, 0.15) is 0 Å². The van der Waals surface area contributed by atoms with Crippen LogP contribution in [0.1, 0.15) is 48.2 Å². The number of hydrogen-bond acceptors (Lipinski definition) is 5. The van der Waals surface area contributed by atoms with E-state index in [-0.39, 0.29) is 5.91 Å². The number of ether oxygens (including phenoxy) is 3. The molecule has 0 unspecified atom stereocenters. The Kier molecular flexibility index (Phi) is 6.21. The summed E-state index contributed by atoms with van der Waals surface area (Å²) < 4.78 is 16.0. The van der Waals surface area contributed by atoms with Gasteiger partial charge in [-0.2, -0.15) is 5.10 Å². The van der Waals surface area contributed by atoms with Gasteiger partial charge < -0.3 is 19.5 Å². The van der Waals surface area contributed by atoms with Crippen molar-refractivity contribution >= 4 is 11.7 Å². The normalized spacial score (nSPS) is 14.6. The molecule has 0 atom stereocenters. The summed E-state index contributed by atoms with van der Waals surface area (Å²) in [6.45, 7) is 0. The smallest absolute Gasteiger partial charge is 0.260 e. The van der Waals surface area contributed by atoms with Crippen LogP contribution in [0.3, 0.4) is 0 Å². The molecule has 7 heteroatoms. The lowest BCUT2D eigenvalue weighted by Gasteiger charge is -2.20. The highest BCUT2D eigenvalue weighted by Gasteiger charge is 2.21. The molecule has 1 amide bonds. The van der Waals surface area contributed by atoms with E-state index in [1.165, 1.54) is 53.4 Å². The van der Waals surface area contributed by atoms with Gasteiger partial charge in [-0.25, -0.2) is 0 Å². The zero-order chi connectivity index (χ0) is 19.2. The molecule has 1 fully saturated rings. The van der Waals surface area contributed by atoms with Gasteiger partial charge in [-0.15, -0.1) is 0 Å². The van der Waals surface area contributed by atoms with Crippen molar-refractivity contribution in [2.75, 3.05) is 26.6 Å². The summed E-state index contributed by atoms with van der Waals surface area (Å²) in [6, 6.07) is 5.22. The van der Waals surface area contributed by atoms with Gasteiger partial charge in [-0.05, 0) is 24.5 Å². The van der Waals surface area contributed by atoms with E-state index in [4.69, 9.17) is 14.2 Å². The predicted octanol–water partition coefficient (Wildman–Crippen LogP) is 3.81. The Morgan fingerprint density at radius 3 is 2.52 bits per heavy atom. The second-order valence-corrected chi connectivity index (χ2v) is 6.82. The molecule has 1 aliphatic carbocycles. The molecule has 1 aromatic heterocycles. The molecule has 1 saturated carbocycles. The Hall–Kier alpha value is -2.70. The minimum Gasteiger partial charge on any atom is -0.493 e. The Bertz CT molecular complexity index is 782. The van der Waals surface area contributed by atoms with Crippen molar-refractivity contribution < 1.29 is 19.0 Å². The van der Waals surface area contributed by atoms with E-state index in [0.29, 0.717) is 34.5 Å². The van der Waals surface area contributed by atoms with Gasteiger partial charge in [0, 0.05) is 11.8 Å². The van der Waals surface area contributed by atoms with E-state index < -0.39 is 0 Å². The Morgan fingerprint density at radius 2 is 1.85 bits per heavy atom. The highest BCUT2D eigenvalue weighted by Crippen LogP contribution is 2.39. The van der Waals surface area contributed by atoms with Gasteiger partial charge in [0.05, 0.1) is 26.9 Å². The van der Waals surface area contributed by atoms with E-state index in [1.54, 1.807) is 12.1 Å². The third kappa shape index (κ3) is 4.35. The third-order valence-electron chi connectivity index (χ3n) is 5.05. The second kappa shape index (κ2) is 8.79. The fourth-order valence-electron chi connectivity index (χ4n) is 3.70. The highest BCUT2D eigenvalue weighted by molar-refractivity contribution is 6.06. The van der Waals surface area contributed by atoms with Crippen LogP contribution in [0, 0.1) is 5.92 Å². The topological polar surface area (TPSA) is 85.5 Å². The first-order valence-electron chi connectivity index (χ1n) is 9.30. The maximum Gasteiger partial charge on any atom is 0.260 e. The number of hydrogen-bond donors (Lipinski definition) is 2. The van der Waals surface area contributed by atoms with Crippen LogP contribution in [0.15, 0.2) is 18.2 Å². The Labute approximate surface area is 159 Å². The zero-order valence-electron chi connectivity index (χ0n) is 16.1. The lowest BCUT2D eigenvalue weighted by atomic mass is 9.86. The van der Waals surface area contributed by atoms with Crippen molar-refractivity contribution in [3.05, 3.63) is 29.5 Å². The van der Waals surface area contributed by atoms with Crippen molar-refractivity contribution in [3.63, 3.8) is 0 Å². The monoisotopic (exact) mass is 373 g/mol. The van der Waals surface area contributed by atoms with Gasteiger partial charge in [0.2, 0.25) is 5.75 Å². The van der Waals surface area contributed by atoms with Crippen molar-refractivity contribution in [1.82, 2.24) is 10.2 Å². The van der Waals surface area contributed by atoms with Crippen LogP contribution < -0.4 is 19.5 Å². The summed E-state index contributed by atoms with van der Waals surface area (Å²) in [6.07, 6.45) is 7.46. The van der Waals surface area contributed by atoms with E-state index in [0.717, 1.165) is 12.1 Å². The molecule has 0 aliphatic heterocycles. The number of amides is 1. The molecule has 0 saturated heterocycles. The molecule has 3 rings (SSSR count). The SMILES string of the molecule is COc1ccc(C(=O)Nc2cc(CC3CCCCC3)[nH]n2)c(OC)c1OC. The van der Waals surface area contributed by atoms with Crippen LogP contribution in [0.25, 0.3) is 0 Å². The fraction of sp³-hybridized carbons (Fsp3) is 0.500. The Morgan fingerprint density at radius 1 is 1.11 bits per heavy atom. The first-order valence-corrected chi connectivity index (χ1v) is 9.30. The number of benzene rings is 1. The van der Waals surface area contributed by atoms with Gasteiger partial charge in [0.25, 0.3) is 5.91 Å². The summed E-state index contributed by atoms with van der Waals surface area (Å²) in [5, 5.41) is 10.1. The molecular formula is C20H27N3O4. The van der Waals surface area contributed by atoms with Crippen LogP contribution in [0.4, 0.5) is 5.82 Å². The first kappa shape index (κ1) is 19.1. The van der Waals surface area contributed by atoms with E-state index >= 15 is 0 Å². The molecule has 0 radical (unpaired) electrons. The number of carbonyl (C=O) groups is 1. The molecular weight excluding hydrogens is 346 g/mol. The lowest BCUT2D eigenvalue weighted by Crippen LogP contribution is -2.14. The van der Waals surface area contributed by atoms with Crippen molar-refractivity contribution in [2.45, 2.75) is 38.5 Å². The van der Waals surface area contributed by atoms with E-state index in [1.807, 2.05) is 6.07 Å². The van der Waals surface area contributed by atoms with Crippen LogP contribution in [0.5, 0.6) is 17.2 Å². The maximum absolute atomic E-state index is 12.7. The molecule has 146 valence electrons. The summed E-state index contributed by atoms with van der Waals surface area (Å²) in [5.74, 6) is 2.10. The minimum atomic E-state index is -0.316. The average Bonchev–Trinajstić information content (AvgIpc) is 3.13. The quantitative estimate of drug-likeness (QED) is 0.771. The van der Waals surface area contributed by atoms with Gasteiger partial charge >= 0.3 is 0 Å². The van der Waals surface area contributed by atoms with E-state index in [2.05, 4.69) is 15.5 Å². The number of methoxy groups -OCH3 is 3. The molecule has 7 nitrogen and oxygen atoms in total. The second-order valence-electron chi connectivity index (χ2n) is 6.82. The lowest BCUT2D eigenvalue weighted by molar-refractivity contribution is 0.102. The van der Waals surface area contributed by atoms with Gasteiger partial charge in [-0.1, -0.05) is 32.1 Å². The average molecular weight is 373 g/mol. The number of H-pyrrole nitrogens is 1. The summed E-state index contributed by atoms with van der Waals surface area (Å²) >= 11 is 0. The number of aromatic amines is 1. The van der Waals surface area contributed by atoms with Crippen LogP contribution >= 0.6 is 0 Å². The van der Waals surface area contributed by atoms with Crippen LogP contribution in [-0.2, 0) is 6.42 Å². The molecule has 2 N–H and O–H groups in total. The zero-order valence-corrected chi connectivity index (χ0v) is 16.1. The summed E-state index contributed by atoms with van der Waals surface area (Å²) in [4.78, 5) is 12.7. The van der Waals surface area contributed by atoms with Crippen molar-refractivity contribution in [1.29, 1.82) is 0 Å². The number of nitrogens with one attached hydrogen (secondary N) is 2. The largest absolute Gasteiger partial charge is 0.493 e. The van der Waals surface area contributed by atoms with Gasteiger partial charge in [0.15, 0.2) is 17.3 Å². The third-order valence-corrected chi connectivity index (χ3v) is 5.05. The van der Waals surface area contributed by atoms with Crippen LogP contribution in [0.2, 0.25) is 0 Å². The molecule has 1 aliphatic rings. The predicted molar refractivity (Wildman–Crippen MR) is 103 cm³/mol. The number of carbonyl (C=O) groups excluding carboxylic acids is 1. The number of aromatic nitrogens is 2. The highest BCUT2D eigenvalue weighted by atomic mass is 16.5. The van der Waals surface area contributed by atoms with Crippen molar-refractivity contribution in [3.8, 4) is 17.2 Å². The molecule has 2 aromatic rings. The van der Waals surface area contributed by atoms with E-state index in [9.17, 15) is 4.79 Å². The summed E-state index contributed by atoms with van der Waals surface area (Å²) in [5.41, 5.74) is 1.41. The van der Waals surface area contributed by atoms with Crippen LogP contribution in [-0.4, -0.2) is 37.4 Å². The molecule has 1 heterocycles. The molecule has 0 spiro atoms. The van der Waals surface area contributed by atoms with Gasteiger partial charge in [-0.3, -0.25) is 9.89 Å². The molecule has 1 aromatic carbocycles. The number of anilines is 1. The first-order chi connectivity index (χ1) is 13.2. The fourth-order valence-corrected chi connectivity index (χ4v) is 3.70. The summed E-state index contributed by atoms with van der Waals surface area (Å²) in [7, 11) is 4.53. The molecule has 27 heavy (non-hydrogen) atoms. The number of rotatable bonds is 7. The number of nitrogens with zero attached hydrogens (tertiary/aromatic N) is 1. The minimum absolute atomic E-state index is 0.316.